The van der Waals surface area contributed by atoms with Gasteiger partial charge in [0.2, 0.25) is 5.89 Å². The highest BCUT2D eigenvalue weighted by Gasteiger charge is 2.31. The number of hydrogen-bond acceptors (Lipinski definition) is 8. The number of aryl methyl sites for hydroxylation is 2. The number of aromatic nitrogens is 1. The van der Waals surface area contributed by atoms with Crippen molar-refractivity contribution in [1.29, 1.82) is 0 Å². The van der Waals surface area contributed by atoms with Crippen molar-refractivity contribution < 1.29 is 33.0 Å². The molecule has 0 unspecified atom stereocenters. The first-order chi connectivity index (χ1) is 20.7. The summed E-state index contributed by atoms with van der Waals surface area (Å²) >= 11 is 0. The molecule has 4 rings (SSSR count). The van der Waals surface area contributed by atoms with E-state index in [-0.39, 0.29) is 5.97 Å². The van der Waals surface area contributed by atoms with Gasteiger partial charge < -0.3 is 23.4 Å². The Balaban J connectivity index is 1.33. The molecular formula is C35H39NO7. The Hall–Kier alpha value is -4.59. The van der Waals surface area contributed by atoms with E-state index in [1.54, 1.807) is 45.0 Å². The molecule has 4 aromatic rings. The van der Waals surface area contributed by atoms with Crippen LogP contribution in [0.2, 0.25) is 0 Å². The van der Waals surface area contributed by atoms with Crippen LogP contribution >= 0.6 is 0 Å². The number of nitrogens with zero attached hydrogens (tertiary/aromatic N) is 1. The molecular weight excluding hydrogens is 546 g/mol. The van der Waals surface area contributed by atoms with Crippen LogP contribution in [-0.4, -0.2) is 42.3 Å². The molecule has 1 aromatic heterocycles. The summed E-state index contributed by atoms with van der Waals surface area (Å²) in [6.45, 7) is 9.95. The number of oxazole rings is 1. The van der Waals surface area contributed by atoms with E-state index in [9.17, 15) is 9.59 Å². The van der Waals surface area contributed by atoms with Crippen LogP contribution in [-0.2, 0) is 31.9 Å². The molecule has 0 aliphatic rings. The number of carbonyl (C=O) groups is 2. The molecule has 226 valence electrons. The first kappa shape index (κ1) is 31.3. The fourth-order valence-corrected chi connectivity index (χ4v) is 4.47. The van der Waals surface area contributed by atoms with Crippen molar-refractivity contribution >= 4 is 11.9 Å². The van der Waals surface area contributed by atoms with E-state index in [4.69, 9.17) is 28.3 Å². The Morgan fingerprint density at radius 1 is 0.814 bits per heavy atom. The average Bonchev–Trinajstić information content (AvgIpc) is 3.37. The smallest absolute Gasteiger partial charge is 0.349 e. The molecule has 0 aliphatic carbocycles. The van der Waals surface area contributed by atoms with Crippen molar-refractivity contribution in [2.24, 2.45) is 0 Å². The van der Waals surface area contributed by atoms with Gasteiger partial charge >= 0.3 is 11.9 Å². The largest absolute Gasteiger partial charge is 0.493 e. The zero-order valence-corrected chi connectivity index (χ0v) is 25.5. The Labute approximate surface area is 253 Å². The third-order valence-corrected chi connectivity index (χ3v) is 6.78. The lowest BCUT2D eigenvalue weighted by molar-refractivity contribution is -0.158. The molecule has 43 heavy (non-hydrogen) atoms. The lowest BCUT2D eigenvalue weighted by atomic mass is 10.0. The SMILES string of the molecule is CCOC(=O)CCc1ccc(-c2cccc(-c3nc(CCOc4ccc(OC(C)(C)C(=O)OCC)cc4)c(C)o3)c2)cc1. The van der Waals surface area contributed by atoms with Crippen LogP contribution in [0.4, 0.5) is 0 Å². The van der Waals surface area contributed by atoms with Gasteiger partial charge in [-0.1, -0.05) is 36.4 Å². The monoisotopic (exact) mass is 585 g/mol. The number of rotatable bonds is 14. The highest BCUT2D eigenvalue weighted by atomic mass is 16.6. The quantitative estimate of drug-likeness (QED) is 0.144. The Morgan fingerprint density at radius 2 is 1.49 bits per heavy atom. The van der Waals surface area contributed by atoms with Crippen LogP contribution in [0.1, 0.15) is 51.1 Å². The summed E-state index contributed by atoms with van der Waals surface area (Å²) in [7, 11) is 0. The molecule has 0 N–H and O–H groups in total. The van der Waals surface area contributed by atoms with Crippen LogP contribution in [0.25, 0.3) is 22.6 Å². The number of esters is 2. The van der Waals surface area contributed by atoms with Crippen LogP contribution in [0.3, 0.4) is 0 Å². The topological polar surface area (TPSA) is 97.1 Å². The lowest BCUT2D eigenvalue weighted by Crippen LogP contribution is -2.39. The molecule has 8 heteroatoms. The fraction of sp³-hybridized carbons (Fsp3) is 0.343. The minimum Gasteiger partial charge on any atom is -0.493 e. The highest BCUT2D eigenvalue weighted by molar-refractivity contribution is 5.79. The molecule has 0 radical (unpaired) electrons. The zero-order chi connectivity index (χ0) is 30.8. The van der Waals surface area contributed by atoms with Crippen LogP contribution in [0, 0.1) is 6.92 Å². The second-order valence-corrected chi connectivity index (χ2v) is 10.5. The van der Waals surface area contributed by atoms with Gasteiger partial charge in [0, 0.05) is 18.4 Å². The van der Waals surface area contributed by atoms with Gasteiger partial charge in [-0.3, -0.25) is 4.79 Å². The van der Waals surface area contributed by atoms with Crippen LogP contribution < -0.4 is 9.47 Å². The summed E-state index contributed by atoms with van der Waals surface area (Å²) in [4.78, 5) is 28.5. The van der Waals surface area contributed by atoms with E-state index < -0.39 is 11.6 Å². The lowest BCUT2D eigenvalue weighted by Gasteiger charge is -2.24. The normalized spacial score (nSPS) is 11.2. The first-order valence-corrected chi connectivity index (χ1v) is 14.6. The maximum Gasteiger partial charge on any atom is 0.349 e. The van der Waals surface area contributed by atoms with Crippen molar-refractivity contribution in [3.63, 3.8) is 0 Å². The van der Waals surface area contributed by atoms with Gasteiger partial charge in [0.15, 0.2) is 5.60 Å². The fourth-order valence-electron chi connectivity index (χ4n) is 4.47. The Morgan fingerprint density at radius 3 is 2.19 bits per heavy atom. The van der Waals surface area contributed by atoms with Crippen molar-refractivity contribution in [3.8, 4) is 34.1 Å². The molecule has 0 saturated heterocycles. The predicted octanol–water partition coefficient (Wildman–Crippen LogP) is 7.15. The molecule has 0 bridgehead atoms. The van der Waals surface area contributed by atoms with Gasteiger partial charge in [0.05, 0.1) is 25.5 Å². The van der Waals surface area contributed by atoms with E-state index in [1.807, 2.05) is 38.1 Å². The molecule has 0 fully saturated rings. The third-order valence-electron chi connectivity index (χ3n) is 6.78. The number of hydrogen-bond donors (Lipinski definition) is 0. The predicted molar refractivity (Wildman–Crippen MR) is 164 cm³/mol. The van der Waals surface area contributed by atoms with Crippen molar-refractivity contribution in [2.75, 3.05) is 19.8 Å². The minimum atomic E-state index is -1.09. The molecule has 0 atom stereocenters. The molecule has 0 aliphatic heterocycles. The van der Waals surface area contributed by atoms with Crippen molar-refractivity contribution in [3.05, 3.63) is 89.8 Å². The molecule has 0 amide bonds. The van der Waals surface area contributed by atoms with E-state index >= 15 is 0 Å². The van der Waals surface area contributed by atoms with E-state index in [1.165, 1.54) is 0 Å². The second kappa shape index (κ2) is 14.5. The van der Waals surface area contributed by atoms with Gasteiger partial charge in [-0.25, -0.2) is 9.78 Å². The van der Waals surface area contributed by atoms with Crippen LogP contribution in [0.5, 0.6) is 11.5 Å². The molecule has 8 nitrogen and oxygen atoms in total. The van der Waals surface area contributed by atoms with Gasteiger partial charge in [0.1, 0.15) is 17.3 Å². The standard InChI is InChI=1S/C35H39NO7/c1-6-39-32(37)20-13-25-11-14-26(15-12-25)27-9-8-10-28(23-27)33-36-31(24(3)42-33)21-22-41-29-16-18-30(19-17-29)43-35(4,5)34(38)40-7-2/h8-12,14-19,23H,6-7,13,20-22H2,1-5H3. The maximum atomic E-state index is 12.1. The van der Waals surface area contributed by atoms with Gasteiger partial charge in [-0.2, -0.15) is 0 Å². The summed E-state index contributed by atoms with van der Waals surface area (Å²) in [6.07, 6.45) is 1.60. The van der Waals surface area contributed by atoms with Crippen molar-refractivity contribution in [2.45, 2.75) is 59.5 Å². The second-order valence-electron chi connectivity index (χ2n) is 10.5. The third kappa shape index (κ3) is 8.70. The zero-order valence-electron chi connectivity index (χ0n) is 25.5. The summed E-state index contributed by atoms with van der Waals surface area (Å²) < 4.78 is 27.8. The Kier molecular flexibility index (Phi) is 10.6. The first-order valence-electron chi connectivity index (χ1n) is 14.6. The van der Waals surface area contributed by atoms with E-state index in [0.29, 0.717) is 56.5 Å². The number of carbonyl (C=O) groups excluding carboxylic acids is 2. The van der Waals surface area contributed by atoms with Crippen molar-refractivity contribution in [1.82, 2.24) is 4.98 Å². The van der Waals surface area contributed by atoms with Gasteiger partial charge in [-0.15, -0.1) is 0 Å². The minimum absolute atomic E-state index is 0.177. The van der Waals surface area contributed by atoms with E-state index in [0.717, 1.165) is 33.7 Å². The highest BCUT2D eigenvalue weighted by Crippen LogP contribution is 2.28. The van der Waals surface area contributed by atoms with E-state index in [2.05, 4.69) is 24.3 Å². The number of ether oxygens (including phenoxy) is 4. The Bertz CT molecular complexity index is 1500. The summed E-state index contributed by atoms with van der Waals surface area (Å²) in [5.41, 5.74) is 3.85. The van der Waals surface area contributed by atoms with Gasteiger partial charge in [0.25, 0.3) is 0 Å². The maximum absolute atomic E-state index is 12.1. The summed E-state index contributed by atoms with van der Waals surface area (Å²) in [5.74, 6) is 1.95. The molecule has 0 saturated carbocycles. The number of benzene rings is 3. The summed E-state index contributed by atoms with van der Waals surface area (Å²) in [6, 6.07) is 23.4. The summed E-state index contributed by atoms with van der Waals surface area (Å²) in [5, 5.41) is 0. The van der Waals surface area contributed by atoms with Gasteiger partial charge in [-0.05, 0) is 94.1 Å². The molecule has 3 aromatic carbocycles. The average molecular weight is 586 g/mol. The molecule has 0 spiro atoms. The van der Waals surface area contributed by atoms with Crippen LogP contribution in [0.15, 0.2) is 77.2 Å². The molecule has 1 heterocycles.